The average Bonchev–Trinajstić information content (AvgIpc) is 2.82. The minimum atomic E-state index is -5.23. The van der Waals surface area contributed by atoms with Crippen molar-refractivity contribution in [3.05, 3.63) is 0 Å². The van der Waals surface area contributed by atoms with Crippen LogP contribution in [0.25, 0.3) is 0 Å². The lowest BCUT2D eigenvalue weighted by atomic mass is 9.78. The lowest BCUT2D eigenvalue weighted by molar-refractivity contribution is -0.329. The number of methoxy groups -OCH3 is 1. The third-order valence-corrected chi connectivity index (χ3v) is 8.18. The number of hydrogen-bond donors (Lipinski definition) is 1. The van der Waals surface area contributed by atoms with Gasteiger partial charge in [0.25, 0.3) is 0 Å². The Labute approximate surface area is 233 Å². The molecule has 16 nitrogen and oxygen atoms in total. The van der Waals surface area contributed by atoms with Gasteiger partial charge < -0.3 is 43.3 Å². The van der Waals surface area contributed by atoms with Crippen LogP contribution in [0.1, 0.15) is 34.1 Å². The Hall–Kier alpha value is -1.48. The van der Waals surface area contributed by atoms with Crippen molar-refractivity contribution in [1.29, 1.82) is 0 Å². The van der Waals surface area contributed by atoms with Crippen molar-refractivity contribution >= 4 is 32.7 Å². The molecule has 0 spiro atoms. The third-order valence-electron chi connectivity index (χ3n) is 7.30. The van der Waals surface area contributed by atoms with Crippen LogP contribution < -0.4 is 10.4 Å². The molecule has 2 fully saturated rings. The highest BCUT2D eigenvalue weighted by Crippen LogP contribution is 2.36. The number of ether oxygens (including phenoxy) is 4. The summed E-state index contributed by atoms with van der Waals surface area (Å²) in [4.78, 5) is 23.6. The van der Waals surface area contributed by atoms with Crippen LogP contribution in [0, 0.1) is 23.7 Å². The Kier molecular flexibility index (Phi) is 12.7. The van der Waals surface area contributed by atoms with Crippen molar-refractivity contribution in [3.8, 4) is 0 Å². The highest BCUT2D eigenvalue weighted by atomic mass is 32.3. The van der Waals surface area contributed by atoms with Gasteiger partial charge in [-0.3, -0.25) is 13.2 Å². The maximum absolute atomic E-state index is 11.8. The van der Waals surface area contributed by atoms with Gasteiger partial charge in [0, 0.05) is 25.9 Å². The van der Waals surface area contributed by atoms with Gasteiger partial charge >= 0.3 is 0 Å². The fraction of sp³-hybridized carbons (Fsp3) is 0.909. The van der Waals surface area contributed by atoms with Crippen LogP contribution in [0.2, 0.25) is 0 Å². The smallest absolute Gasteiger partial charge is 0.218 e. The van der Waals surface area contributed by atoms with Gasteiger partial charge in [0.15, 0.2) is 0 Å². The molecule has 234 valence electrons. The maximum atomic E-state index is 11.8. The average molecular weight is 619 g/mol. The molecule has 0 aliphatic carbocycles. The number of aliphatic carboxylic acids is 1. The van der Waals surface area contributed by atoms with E-state index in [4.69, 9.17) is 23.1 Å². The first kappa shape index (κ1) is 34.7. The second-order valence-corrected chi connectivity index (χ2v) is 12.0. The monoisotopic (exact) mass is 618 g/mol. The number of amides is 1. The zero-order valence-corrected chi connectivity index (χ0v) is 24.4. The molecular formula is C22H36NO15S2-3. The van der Waals surface area contributed by atoms with Crippen LogP contribution in [-0.4, -0.2) is 108 Å². The van der Waals surface area contributed by atoms with E-state index < -0.39 is 100 Å². The zero-order valence-electron chi connectivity index (χ0n) is 22.7. The normalized spacial score (nSPS) is 35.3. The molecule has 40 heavy (non-hydrogen) atoms. The molecule has 0 aromatic rings. The van der Waals surface area contributed by atoms with Gasteiger partial charge in [-0.15, -0.1) is 0 Å². The van der Waals surface area contributed by atoms with Gasteiger partial charge in [-0.05, 0) is 18.3 Å². The quantitative estimate of drug-likeness (QED) is 0.159. The van der Waals surface area contributed by atoms with Crippen LogP contribution in [0.15, 0.2) is 0 Å². The van der Waals surface area contributed by atoms with Gasteiger partial charge in [-0.25, -0.2) is 16.8 Å². The van der Waals surface area contributed by atoms with E-state index in [1.807, 2.05) is 0 Å². The number of carbonyl (C=O) groups is 2. The molecule has 4 unspecified atom stereocenters. The number of carboxylic acid groups (broad SMARTS) is 1. The van der Waals surface area contributed by atoms with Crippen molar-refractivity contribution in [1.82, 2.24) is 5.32 Å². The molecule has 0 bridgehead atoms. The number of rotatable bonds is 14. The van der Waals surface area contributed by atoms with Gasteiger partial charge in [-0.1, -0.05) is 20.8 Å². The lowest BCUT2D eigenvalue weighted by Gasteiger charge is -2.47. The molecule has 1 amide bonds. The van der Waals surface area contributed by atoms with E-state index in [0.717, 1.165) is 0 Å². The zero-order chi connectivity index (χ0) is 30.4. The highest BCUT2D eigenvalue weighted by Gasteiger charge is 2.47. The summed E-state index contributed by atoms with van der Waals surface area (Å²) in [7, 11) is -8.98. The minimum Gasteiger partial charge on any atom is -0.726 e. The molecule has 0 aromatic carbocycles. The molecule has 18 heteroatoms. The molecule has 2 aliphatic heterocycles. The highest BCUT2D eigenvalue weighted by molar-refractivity contribution is 7.81. The Morgan fingerprint density at radius 2 is 1.52 bits per heavy atom. The van der Waals surface area contributed by atoms with Crippen molar-refractivity contribution in [3.63, 3.8) is 0 Å². The summed E-state index contributed by atoms with van der Waals surface area (Å²) in [6, 6.07) is -0.513. The summed E-state index contributed by atoms with van der Waals surface area (Å²) in [6.07, 6.45) is -5.38. The molecule has 2 saturated heterocycles. The Morgan fingerprint density at radius 3 is 2.02 bits per heavy atom. The van der Waals surface area contributed by atoms with Crippen molar-refractivity contribution in [2.75, 3.05) is 33.5 Å². The van der Waals surface area contributed by atoms with Crippen LogP contribution in [0.3, 0.4) is 0 Å². The number of nitrogens with one attached hydrogen (secondary N) is 1. The molecule has 1 N–H and O–H groups in total. The standard InChI is InChI=1S/C22H39NO15S2/c1-6-16-19(23-13(4)24)11(2)14(17(36-16)10-35-39(27,28)29)8-34-9-18-20(38-40(30,31)32)12(3)15(7-33-5)21(37-18)22(25)26/h11-12,14-21H,6-10H2,1-5H3,(H,23,24)(H,25,26)(H,27,28,29)(H,30,31,32)/p-3/t11-,12-,14+,15+,16-,17?,18-,19?,20?,21?/m0/s1. The van der Waals surface area contributed by atoms with E-state index in [1.165, 1.54) is 21.0 Å². The Balaban J connectivity index is 2.27. The van der Waals surface area contributed by atoms with Gasteiger partial charge in [0.1, 0.15) is 18.3 Å². The molecular weight excluding hydrogens is 582 g/mol. The predicted octanol–water partition coefficient (Wildman–Crippen LogP) is -2.32. The van der Waals surface area contributed by atoms with E-state index in [9.17, 15) is 40.6 Å². The molecule has 2 aliphatic rings. The summed E-state index contributed by atoms with van der Waals surface area (Å²) in [5.41, 5.74) is 0. The van der Waals surface area contributed by atoms with Gasteiger partial charge in [-0.2, -0.15) is 0 Å². The fourth-order valence-electron chi connectivity index (χ4n) is 5.36. The van der Waals surface area contributed by atoms with Gasteiger partial charge in [0.05, 0.1) is 50.6 Å². The van der Waals surface area contributed by atoms with Crippen molar-refractivity contribution in [2.24, 2.45) is 23.7 Å². The summed E-state index contributed by atoms with van der Waals surface area (Å²) >= 11 is 0. The molecule has 2 rings (SSSR count). The predicted molar refractivity (Wildman–Crippen MR) is 128 cm³/mol. The molecule has 2 heterocycles. The number of carboxylic acids is 1. The van der Waals surface area contributed by atoms with Gasteiger partial charge in [0.2, 0.25) is 26.7 Å². The molecule has 0 aromatic heterocycles. The summed E-state index contributed by atoms with van der Waals surface area (Å²) in [5.74, 6) is -4.75. The summed E-state index contributed by atoms with van der Waals surface area (Å²) < 4.78 is 99.1. The van der Waals surface area contributed by atoms with E-state index >= 15 is 0 Å². The third kappa shape index (κ3) is 9.81. The molecule has 10 atom stereocenters. The Morgan fingerprint density at radius 1 is 0.875 bits per heavy atom. The van der Waals surface area contributed by atoms with Crippen LogP contribution in [0.5, 0.6) is 0 Å². The first-order valence-electron chi connectivity index (χ1n) is 12.6. The van der Waals surface area contributed by atoms with Crippen LogP contribution >= 0.6 is 0 Å². The maximum Gasteiger partial charge on any atom is 0.218 e. The Bertz CT molecular complexity index is 1070. The van der Waals surface area contributed by atoms with E-state index in [1.54, 1.807) is 13.8 Å². The second-order valence-electron chi connectivity index (χ2n) is 9.96. The molecule has 0 saturated carbocycles. The number of hydrogen-bond acceptors (Lipinski definition) is 15. The van der Waals surface area contributed by atoms with Crippen LogP contribution in [-0.2, 0) is 57.7 Å². The van der Waals surface area contributed by atoms with Crippen molar-refractivity contribution < 1.29 is 68.0 Å². The van der Waals surface area contributed by atoms with E-state index in [-0.39, 0.29) is 19.1 Å². The second kappa shape index (κ2) is 14.6. The first-order chi connectivity index (χ1) is 18.5. The number of carbonyl (C=O) groups excluding carboxylic acids is 2. The minimum absolute atomic E-state index is 0.156. The van der Waals surface area contributed by atoms with E-state index in [2.05, 4.69) is 9.50 Å². The first-order valence-corrected chi connectivity index (χ1v) is 15.3. The summed E-state index contributed by atoms with van der Waals surface area (Å²) in [6.45, 7) is 4.90. The lowest BCUT2D eigenvalue weighted by Crippen LogP contribution is -2.60. The SMILES string of the molecule is CC[C@@H]1OC(COS(=O)(=O)[O-])[C@H](COC[C@@H]2OC(C(=O)[O-])[C@H](COC)[C@H](C)C2OS(=O)(=O)[O-])[C@H](C)C1NC(C)=O. The topological polar surface area (TPSA) is 239 Å². The van der Waals surface area contributed by atoms with Crippen molar-refractivity contribution in [2.45, 2.75) is 70.7 Å². The van der Waals surface area contributed by atoms with E-state index in [0.29, 0.717) is 6.42 Å². The molecule has 0 radical (unpaired) electrons. The fourth-order valence-corrected chi connectivity index (χ4v) is 6.23. The van der Waals surface area contributed by atoms with Crippen LogP contribution in [0.4, 0.5) is 0 Å². The largest absolute Gasteiger partial charge is 0.726 e. The summed E-state index contributed by atoms with van der Waals surface area (Å²) in [5, 5.41) is 14.6.